The highest BCUT2D eigenvalue weighted by Gasteiger charge is 2.46. The molecular formula is C31H32FN3O4. The number of nitrogens with zero attached hydrogens (tertiary/aromatic N) is 3. The third kappa shape index (κ3) is 4.94. The van der Waals surface area contributed by atoms with Crippen LogP contribution in [0.5, 0.6) is 5.75 Å². The second kappa shape index (κ2) is 10.8. The molecule has 3 aromatic rings. The van der Waals surface area contributed by atoms with E-state index in [0.717, 1.165) is 24.5 Å². The standard InChI is InChI=1S/C31H32FN3O4/c1-4-34(5-2)24-13-8-21(9-14-24)28-27(29(36)22-10-15-26-25(18-22)33(3)16-17-39-26)30(37)31(38)35(28)19-20-6-11-23(32)12-7-20/h6-15,18,28,36H,4-5,16-17,19H2,1-3H3/b29-27-. The normalized spacial score (nSPS) is 18.2. The number of aliphatic hydroxyl groups excluding tert-OH is 1. The number of ether oxygens (including phenoxy) is 1. The zero-order valence-corrected chi connectivity index (χ0v) is 22.4. The van der Waals surface area contributed by atoms with E-state index in [1.54, 1.807) is 30.3 Å². The lowest BCUT2D eigenvalue weighted by molar-refractivity contribution is -0.140. The number of amides is 1. The van der Waals surface area contributed by atoms with Crippen molar-refractivity contribution >= 4 is 28.8 Å². The Morgan fingerprint density at radius 1 is 1.03 bits per heavy atom. The summed E-state index contributed by atoms with van der Waals surface area (Å²) in [5.41, 5.74) is 3.65. The van der Waals surface area contributed by atoms with Crippen molar-refractivity contribution in [1.29, 1.82) is 0 Å². The van der Waals surface area contributed by atoms with Crippen LogP contribution in [-0.2, 0) is 16.1 Å². The summed E-state index contributed by atoms with van der Waals surface area (Å²) in [7, 11) is 1.93. The van der Waals surface area contributed by atoms with Crippen LogP contribution in [0.25, 0.3) is 5.76 Å². The van der Waals surface area contributed by atoms with Gasteiger partial charge in [0, 0.05) is 37.9 Å². The molecule has 0 radical (unpaired) electrons. The minimum atomic E-state index is -0.814. The number of aliphatic hydroxyl groups is 1. The van der Waals surface area contributed by atoms with Crippen LogP contribution < -0.4 is 14.5 Å². The number of Topliss-reactive ketones (excluding diaryl/α,β-unsaturated/α-hetero) is 1. The first-order chi connectivity index (χ1) is 18.8. The molecule has 1 unspecified atom stereocenters. The van der Waals surface area contributed by atoms with Gasteiger partial charge in [0.25, 0.3) is 11.7 Å². The second-order valence-corrected chi connectivity index (χ2v) is 9.77. The molecule has 1 fully saturated rings. The SMILES string of the molecule is CCN(CC)c1ccc(C2/C(=C(/O)c3ccc4c(c3)N(C)CCO4)C(=O)C(=O)N2Cc2ccc(F)cc2)cc1. The summed E-state index contributed by atoms with van der Waals surface area (Å²) < 4.78 is 19.3. The molecule has 5 rings (SSSR count). The lowest BCUT2D eigenvalue weighted by Crippen LogP contribution is -2.29. The molecule has 1 N–H and O–H groups in total. The fraction of sp³-hybridized carbons (Fsp3) is 0.290. The Hall–Kier alpha value is -4.33. The van der Waals surface area contributed by atoms with Crippen molar-refractivity contribution in [2.45, 2.75) is 26.4 Å². The van der Waals surface area contributed by atoms with Gasteiger partial charge in [-0.3, -0.25) is 9.59 Å². The molecule has 0 spiro atoms. The smallest absolute Gasteiger partial charge is 0.295 e. The highest BCUT2D eigenvalue weighted by Crippen LogP contribution is 2.42. The Morgan fingerprint density at radius 2 is 1.72 bits per heavy atom. The molecule has 2 heterocycles. The summed E-state index contributed by atoms with van der Waals surface area (Å²) in [6, 6.07) is 18.0. The van der Waals surface area contributed by atoms with Crippen LogP contribution in [-0.4, -0.2) is 55.0 Å². The van der Waals surface area contributed by atoms with E-state index in [9.17, 15) is 19.1 Å². The number of hydrogen-bond acceptors (Lipinski definition) is 6. The molecule has 7 nitrogen and oxygen atoms in total. The molecule has 1 atom stereocenters. The fourth-order valence-electron chi connectivity index (χ4n) is 5.29. The van der Waals surface area contributed by atoms with Crippen LogP contribution in [0.1, 0.15) is 36.6 Å². The Bertz CT molecular complexity index is 1410. The third-order valence-electron chi connectivity index (χ3n) is 7.47. The molecule has 202 valence electrons. The summed E-state index contributed by atoms with van der Waals surface area (Å²) in [5, 5.41) is 11.5. The van der Waals surface area contributed by atoms with Crippen LogP contribution in [0.2, 0.25) is 0 Å². The maximum absolute atomic E-state index is 13.6. The summed E-state index contributed by atoms with van der Waals surface area (Å²) >= 11 is 0. The van der Waals surface area contributed by atoms with E-state index in [0.29, 0.717) is 35.6 Å². The molecule has 0 aliphatic carbocycles. The highest BCUT2D eigenvalue weighted by atomic mass is 19.1. The van der Waals surface area contributed by atoms with E-state index in [4.69, 9.17) is 4.74 Å². The van der Waals surface area contributed by atoms with Crippen molar-refractivity contribution < 1.29 is 23.8 Å². The number of ketones is 1. The van der Waals surface area contributed by atoms with Gasteiger partial charge in [0.15, 0.2) is 0 Å². The van der Waals surface area contributed by atoms with Crippen molar-refractivity contribution in [3.05, 3.63) is 94.8 Å². The number of likely N-dealkylation sites (N-methyl/N-ethyl adjacent to an activating group) is 1. The number of benzene rings is 3. The molecule has 0 saturated carbocycles. The Kier molecular flexibility index (Phi) is 7.28. The average molecular weight is 530 g/mol. The molecule has 3 aromatic carbocycles. The van der Waals surface area contributed by atoms with Crippen molar-refractivity contribution in [2.75, 3.05) is 43.1 Å². The van der Waals surface area contributed by atoms with Crippen molar-refractivity contribution in [3.63, 3.8) is 0 Å². The number of rotatable bonds is 7. The quantitative estimate of drug-likeness (QED) is 0.260. The summed E-state index contributed by atoms with van der Waals surface area (Å²) in [4.78, 5) is 32.5. The number of hydrogen-bond donors (Lipinski definition) is 1. The molecule has 2 aliphatic heterocycles. The van der Waals surface area contributed by atoms with E-state index >= 15 is 0 Å². The van der Waals surface area contributed by atoms with Gasteiger partial charge in [-0.25, -0.2) is 4.39 Å². The lowest BCUT2D eigenvalue weighted by atomic mass is 9.94. The molecule has 0 aromatic heterocycles. The van der Waals surface area contributed by atoms with Crippen LogP contribution in [0, 0.1) is 5.82 Å². The van der Waals surface area contributed by atoms with Gasteiger partial charge >= 0.3 is 0 Å². The first-order valence-electron chi connectivity index (χ1n) is 13.2. The number of halogens is 1. The molecule has 8 heteroatoms. The van der Waals surface area contributed by atoms with E-state index in [1.807, 2.05) is 36.2 Å². The zero-order valence-electron chi connectivity index (χ0n) is 22.4. The topological polar surface area (TPSA) is 73.3 Å². The minimum absolute atomic E-state index is 0.0250. The van der Waals surface area contributed by atoms with Crippen LogP contribution in [0.15, 0.2) is 72.3 Å². The van der Waals surface area contributed by atoms with Gasteiger partial charge in [0.2, 0.25) is 0 Å². The first kappa shape index (κ1) is 26.3. The van der Waals surface area contributed by atoms with Gasteiger partial charge in [0.1, 0.15) is 23.9 Å². The van der Waals surface area contributed by atoms with E-state index in [1.165, 1.54) is 17.0 Å². The highest BCUT2D eigenvalue weighted by molar-refractivity contribution is 6.46. The van der Waals surface area contributed by atoms with Gasteiger partial charge in [0.05, 0.1) is 23.8 Å². The average Bonchev–Trinajstić information content (AvgIpc) is 3.20. The van der Waals surface area contributed by atoms with Gasteiger partial charge in [-0.05, 0) is 67.4 Å². The number of fused-ring (bicyclic) bond motifs is 1. The second-order valence-electron chi connectivity index (χ2n) is 9.77. The van der Waals surface area contributed by atoms with Crippen LogP contribution in [0.4, 0.5) is 15.8 Å². The van der Waals surface area contributed by atoms with E-state index in [2.05, 4.69) is 18.7 Å². The van der Waals surface area contributed by atoms with Crippen molar-refractivity contribution in [1.82, 2.24) is 4.90 Å². The van der Waals surface area contributed by atoms with Crippen molar-refractivity contribution in [3.8, 4) is 5.75 Å². The number of carbonyl (C=O) groups excluding carboxylic acids is 2. The number of anilines is 2. The van der Waals surface area contributed by atoms with Gasteiger partial charge in [-0.1, -0.05) is 24.3 Å². The fourth-order valence-corrected chi connectivity index (χ4v) is 5.29. The lowest BCUT2D eigenvalue weighted by Gasteiger charge is -2.28. The molecular weight excluding hydrogens is 497 g/mol. The molecule has 1 saturated heterocycles. The minimum Gasteiger partial charge on any atom is -0.507 e. The van der Waals surface area contributed by atoms with Gasteiger partial charge < -0.3 is 24.5 Å². The Morgan fingerprint density at radius 3 is 2.38 bits per heavy atom. The molecule has 2 aliphatic rings. The summed E-state index contributed by atoms with van der Waals surface area (Å²) in [6.07, 6.45) is 0. The van der Waals surface area contributed by atoms with E-state index < -0.39 is 17.7 Å². The largest absolute Gasteiger partial charge is 0.507 e. The molecule has 39 heavy (non-hydrogen) atoms. The number of likely N-dealkylation sites (tertiary alicyclic amines) is 1. The third-order valence-corrected chi connectivity index (χ3v) is 7.47. The maximum Gasteiger partial charge on any atom is 0.295 e. The zero-order chi connectivity index (χ0) is 27.7. The van der Waals surface area contributed by atoms with Gasteiger partial charge in [-0.15, -0.1) is 0 Å². The molecule has 1 amide bonds. The van der Waals surface area contributed by atoms with Crippen LogP contribution in [0.3, 0.4) is 0 Å². The Balaban J connectivity index is 1.61. The first-order valence-corrected chi connectivity index (χ1v) is 13.2. The monoisotopic (exact) mass is 529 g/mol. The number of carbonyl (C=O) groups is 2. The van der Waals surface area contributed by atoms with Crippen molar-refractivity contribution in [2.24, 2.45) is 0 Å². The summed E-state index contributed by atoms with van der Waals surface area (Å²) in [6.45, 7) is 7.19. The van der Waals surface area contributed by atoms with Gasteiger partial charge in [-0.2, -0.15) is 0 Å². The Labute approximate surface area is 227 Å². The molecule has 0 bridgehead atoms. The predicted molar refractivity (Wildman–Crippen MR) is 149 cm³/mol. The predicted octanol–water partition coefficient (Wildman–Crippen LogP) is 5.12. The summed E-state index contributed by atoms with van der Waals surface area (Å²) in [5.74, 6) is -1.40. The maximum atomic E-state index is 13.6. The van der Waals surface area contributed by atoms with Crippen LogP contribution >= 0.6 is 0 Å². The van der Waals surface area contributed by atoms with E-state index in [-0.39, 0.29) is 23.7 Å².